The van der Waals surface area contributed by atoms with E-state index in [0.717, 1.165) is 36.0 Å². The fraction of sp³-hybridized carbons (Fsp3) is 0.517. The maximum absolute atomic E-state index is 13.5. The number of benzene rings is 1. The van der Waals surface area contributed by atoms with E-state index in [4.69, 9.17) is 15.2 Å². The molecule has 1 fully saturated rings. The number of amides is 3. The van der Waals surface area contributed by atoms with Crippen LogP contribution in [0.3, 0.4) is 0 Å². The van der Waals surface area contributed by atoms with E-state index in [-0.39, 0.29) is 12.0 Å². The molecule has 1 saturated carbocycles. The molecule has 0 bridgehead atoms. The van der Waals surface area contributed by atoms with Crippen LogP contribution in [0.5, 0.6) is 0 Å². The summed E-state index contributed by atoms with van der Waals surface area (Å²) in [5, 5.41) is 5.58. The van der Waals surface area contributed by atoms with Gasteiger partial charge in [-0.15, -0.1) is 0 Å². The van der Waals surface area contributed by atoms with Gasteiger partial charge in [-0.05, 0) is 56.4 Å². The van der Waals surface area contributed by atoms with Gasteiger partial charge in [-0.2, -0.15) is 0 Å². The first kappa shape index (κ1) is 29.9. The van der Waals surface area contributed by atoms with E-state index in [2.05, 4.69) is 10.6 Å². The lowest BCUT2D eigenvalue weighted by molar-refractivity contribution is -0.133. The van der Waals surface area contributed by atoms with Crippen molar-refractivity contribution in [2.24, 2.45) is 5.73 Å². The van der Waals surface area contributed by atoms with Crippen molar-refractivity contribution in [3.63, 3.8) is 0 Å². The first-order valence-corrected chi connectivity index (χ1v) is 13.3. The molecule has 1 atom stereocenters. The van der Waals surface area contributed by atoms with Crippen molar-refractivity contribution >= 4 is 17.9 Å². The van der Waals surface area contributed by atoms with E-state index in [0.29, 0.717) is 26.0 Å². The molecule has 10 heteroatoms. The minimum atomic E-state index is -1.16. The van der Waals surface area contributed by atoms with Gasteiger partial charge in [0.15, 0.2) is 0 Å². The van der Waals surface area contributed by atoms with E-state index in [1.807, 2.05) is 24.3 Å². The van der Waals surface area contributed by atoms with Crippen LogP contribution in [-0.2, 0) is 32.0 Å². The zero-order chi connectivity index (χ0) is 28.6. The standard InChI is InChI=1S/C29H40N4O6/c1-28(2,3)39-27(37)32-29(14-6-5-7-15-29)26(36)31-23(25(30)35)18-20-8-10-21(11-9-20)22-12-13-24(34)33(19-22)16-17-38-4/h8-13,19,23H,5-7,14-18H2,1-4H3,(H2,30,35)(H,31,36)(H,32,37). The first-order valence-electron chi connectivity index (χ1n) is 13.3. The van der Waals surface area contributed by atoms with Gasteiger partial charge in [-0.1, -0.05) is 43.5 Å². The average molecular weight is 541 g/mol. The van der Waals surface area contributed by atoms with Gasteiger partial charge in [0, 0.05) is 32.3 Å². The van der Waals surface area contributed by atoms with Gasteiger partial charge in [0.2, 0.25) is 11.8 Å². The predicted molar refractivity (Wildman–Crippen MR) is 148 cm³/mol. The normalized spacial score (nSPS) is 15.7. The fourth-order valence-corrected chi connectivity index (χ4v) is 4.72. The summed E-state index contributed by atoms with van der Waals surface area (Å²) in [7, 11) is 1.59. The van der Waals surface area contributed by atoms with Gasteiger partial charge in [0.1, 0.15) is 17.2 Å². The van der Waals surface area contributed by atoms with Crippen molar-refractivity contribution in [2.45, 2.75) is 83.0 Å². The molecule has 1 aliphatic carbocycles. The average Bonchev–Trinajstić information content (AvgIpc) is 2.87. The second-order valence-corrected chi connectivity index (χ2v) is 11.0. The number of methoxy groups -OCH3 is 1. The smallest absolute Gasteiger partial charge is 0.408 e. The molecule has 1 unspecified atom stereocenters. The Morgan fingerprint density at radius 2 is 1.67 bits per heavy atom. The molecule has 3 rings (SSSR count). The van der Waals surface area contributed by atoms with Crippen LogP contribution >= 0.6 is 0 Å². The number of rotatable bonds is 10. The second kappa shape index (κ2) is 12.9. The molecule has 0 saturated heterocycles. The number of aromatic nitrogens is 1. The maximum atomic E-state index is 13.5. The van der Waals surface area contributed by atoms with Crippen molar-refractivity contribution in [1.29, 1.82) is 0 Å². The largest absolute Gasteiger partial charge is 0.444 e. The van der Waals surface area contributed by atoms with Crippen LogP contribution in [0.1, 0.15) is 58.4 Å². The molecule has 4 N–H and O–H groups in total. The quantitative estimate of drug-likeness (QED) is 0.423. The number of nitrogens with two attached hydrogens (primary N) is 1. The first-order chi connectivity index (χ1) is 18.4. The highest BCUT2D eigenvalue weighted by Gasteiger charge is 2.43. The molecule has 1 aromatic heterocycles. The Morgan fingerprint density at radius 1 is 1.03 bits per heavy atom. The summed E-state index contributed by atoms with van der Waals surface area (Å²) in [5.41, 5.74) is 6.26. The second-order valence-electron chi connectivity index (χ2n) is 11.0. The number of carbonyl (C=O) groups excluding carboxylic acids is 3. The Bertz CT molecular complexity index is 1210. The summed E-state index contributed by atoms with van der Waals surface area (Å²) in [6, 6.07) is 9.82. The summed E-state index contributed by atoms with van der Waals surface area (Å²) >= 11 is 0. The highest BCUT2D eigenvalue weighted by molar-refractivity contribution is 5.94. The zero-order valence-corrected chi connectivity index (χ0v) is 23.2. The number of hydrogen-bond acceptors (Lipinski definition) is 6. The maximum Gasteiger partial charge on any atom is 0.408 e. The van der Waals surface area contributed by atoms with Crippen molar-refractivity contribution in [1.82, 2.24) is 15.2 Å². The number of primary amides is 1. The number of nitrogens with one attached hydrogen (secondary N) is 2. The molecule has 0 radical (unpaired) electrons. The molecule has 1 aromatic carbocycles. The van der Waals surface area contributed by atoms with Gasteiger partial charge >= 0.3 is 6.09 Å². The van der Waals surface area contributed by atoms with Crippen LogP contribution in [0.15, 0.2) is 47.4 Å². The molecular weight excluding hydrogens is 500 g/mol. The minimum Gasteiger partial charge on any atom is -0.444 e. The molecule has 39 heavy (non-hydrogen) atoms. The Morgan fingerprint density at radius 3 is 2.26 bits per heavy atom. The number of pyridine rings is 1. The summed E-state index contributed by atoms with van der Waals surface area (Å²) in [6.45, 7) is 6.15. The lowest BCUT2D eigenvalue weighted by atomic mass is 9.80. The molecule has 1 aliphatic rings. The van der Waals surface area contributed by atoms with Gasteiger partial charge in [0.05, 0.1) is 6.61 Å². The number of hydrogen-bond donors (Lipinski definition) is 3. The summed E-state index contributed by atoms with van der Waals surface area (Å²) < 4.78 is 12.1. The van der Waals surface area contributed by atoms with Crippen LogP contribution in [0.25, 0.3) is 11.1 Å². The zero-order valence-electron chi connectivity index (χ0n) is 23.2. The van der Waals surface area contributed by atoms with E-state index >= 15 is 0 Å². The van der Waals surface area contributed by atoms with Gasteiger partial charge < -0.3 is 30.4 Å². The van der Waals surface area contributed by atoms with Crippen molar-refractivity contribution in [3.05, 3.63) is 58.5 Å². The molecule has 0 aliphatic heterocycles. The van der Waals surface area contributed by atoms with E-state index < -0.39 is 35.1 Å². The van der Waals surface area contributed by atoms with E-state index in [9.17, 15) is 19.2 Å². The Labute approximate surface area is 229 Å². The van der Waals surface area contributed by atoms with Crippen molar-refractivity contribution < 1.29 is 23.9 Å². The summed E-state index contributed by atoms with van der Waals surface area (Å²) in [5.74, 6) is -1.10. The monoisotopic (exact) mass is 540 g/mol. The van der Waals surface area contributed by atoms with Crippen molar-refractivity contribution in [2.75, 3.05) is 13.7 Å². The summed E-state index contributed by atoms with van der Waals surface area (Å²) in [4.78, 5) is 50.5. The topological polar surface area (TPSA) is 142 Å². The lowest BCUT2D eigenvalue weighted by Gasteiger charge is -2.37. The SMILES string of the molecule is COCCn1cc(-c2ccc(CC(NC(=O)C3(NC(=O)OC(C)(C)C)CCCCC3)C(N)=O)cc2)ccc1=O. The third-order valence-electron chi connectivity index (χ3n) is 6.78. The molecule has 0 spiro atoms. The third kappa shape index (κ3) is 8.41. The molecule has 1 heterocycles. The summed E-state index contributed by atoms with van der Waals surface area (Å²) in [6.07, 6.45) is 4.70. The minimum absolute atomic E-state index is 0.107. The number of ether oxygens (including phenoxy) is 2. The van der Waals surface area contributed by atoms with E-state index in [1.54, 1.807) is 44.7 Å². The number of alkyl carbamates (subject to hydrolysis) is 1. The van der Waals surface area contributed by atoms with Gasteiger partial charge in [-0.25, -0.2) is 4.79 Å². The van der Waals surface area contributed by atoms with Crippen molar-refractivity contribution in [3.8, 4) is 11.1 Å². The predicted octanol–water partition coefficient (Wildman–Crippen LogP) is 2.90. The van der Waals surface area contributed by atoms with E-state index in [1.165, 1.54) is 6.07 Å². The Balaban J connectivity index is 1.73. The van der Waals surface area contributed by atoms with Gasteiger partial charge in [0.25, 0.3) is 5.56 Å². The van der Waals surface area contributed by atoms with Crippen LogP contribution in [0.2, 0.25) is 0 Å². The van der Waals surface area contributed by atoms with Crippen LogP contribution in [0, 0.1) is 0 Å². The molecule has 10 nitrogen and oxygen atoms in total. The molecule has 212 valence electrons. The third-order valence-corrected chi connectivity index (χ3v) is 6.78. The number of nitrogens with zero attached hydrogens (tertiary/aromatic N) is 1. The van der Waals surface area contributed by atoms with Crippen LogP contribution < -0.4 is 21.9 Å². The van der Waals surface area contributed by atoms with Crippen LogP contribution in [-0.4, -0.2) is 53.4 Å². The highest BCUT2D eigenvalue weighted by atomic mass is 16.6. The highest BCUT2D eigenvalue weighted by Crippen LogP contribution is 2.29. The molecular formula is C29H40N4O6. The Hall–Kier alpha value is -3.66. The Kier molecular flexibility index (Phi) is 9.91. The molecule has 3 amide bonds. The lowest BCUT2D eigenvalue weighted by Crippen LogP contribution is -2.63. The number of carbonyl (C=O) groups is 3. The fourth-order valence-electron chi connectivity index (χ4n) is 4.72. The molecule has 2 aromatic rings. The van der Waals surface area contributed by atoms with Crippen LogP contribution in [0.4, 0.5) is 4.79 Å². The van der Waals surface area contributed by atoms with Gasteiger partial charge in [-0.3, -0.25) is 14.4 Å².